The van der Waals surface area contributed by atoms with Crippen LogP contribution >= 0.6 is 0 Å². The van der Waals surface area contributed by atoms with Crippen molar-refractivity contribution in [3.63, 3.8) is 0 Å². The average Bonchev–Trinajstić information content (AvgIpc) is 2.19. The third-order valence-electron chi connectivity index (χ3n) is 2.89. The number of ether oxygens (including phenoxy) is 1. The second kappa shape index (κ2) is 4.45. The molecule has 1 aliphatic carbocycles. The van der Waals surface area contributed by atoms with E-state index in [1.807, 2.05) is 0 Å². The van der Waals surface area contributed by atoms with E-state index in [1.54, 1.807) is 0 Å². The molecule has 0 unspecified atom stereocenters. The Morgan fingerprint density at radius 3 is 2.54 bits per heavy atom. The molecule has 1 saturated carbocycles. The van der Waals surface area contributed by atoms with Crippen molar-refractivity contribution < 1.29 is 9.53 Å². The Hall–Kier alpha value is -0.790. The third kappa shape index (κ3) is 2.58. The Morgan fingerprint density at radius 2 is 2.08 bits per heavy atom. The molecular weight excluding hydrogens is 164 g/mol. The van der Waals surface area contributed by atoms with Gasteiger partial charge < -0.3 is 4.74 Å². The molecule has 0 aliphatic heterocycles. The summed E-state index contributed by atoms with van der Waals surface area (Å²) in [6.07, 6.45) is 7.84. The maximum absolute atomic E-state index is 11.1. The summed E-state index contributed by atoms with van der Waals surface area (Å²) in [6, 6.07) is 0. The van der Waals surface area contributed by atoms with Gasteiger partial charge >= 0.3 is 5.97 Å². The lowest BCUT2D eigenvalue weighted by molar-refractivity contribution is -0.157. The lowest BCUT2D eigenvalue weighted by atomic mass is 9.83. The minimum atomic E-state index is -0.274. The smallest absolute Gasteiger partial charge is 0.330 e. The normalized spacial score (nSPS) is 20.7. The first-order chi connectivity index (χ1) is 6.22. The predicted molar refractivity (Wildman–Crippen MR) is 52.4 cm³/mol. The zero-order chi connectivity index (χ0) is 9.73. The van der Waals surface area contributed by atoms with Crippen LogP contribution in [0.2, 0.25) is 0 Å². The molecule has 2 heteroatoms. The van der Waals surface area contributed by atoms with Gasteiger partial charge in [0.1, 0.15) is 5.60 Å². The SMILES string of the molecule is C=CC(=O)OC1(CC)CCCCC1. The summed E-state index contributed by atoms with van der Waals surface area (Å²) in [5.41, 5.74) is -0.177. The lowest BCUT2D eigenvalue weighted by Gasteiger charge is -2.35. The highest BCUT2D eigenvalue weighted by molar-refractivity contribution is 5.81. The Morgan fingerprint density at radius 1 is 1.46 bits per heavy atom. The zero-order valence-electron chi connectivity index (χ0n) is 8.34. The molecule has 13 heavy (non-hydrogen) atoms. The van der Waals surface area contributed by atoms with Crippen molar-refractivity contribution in [2.45, 2.75) is 51.0 Å². The van der Waals surface area contributed by atoms with E-state index in [1.165, 1.54) is 25.3 Å². The molecule has 0 N–H and O–H groups in total. The van der Waals surface area contributed by atoms with E-state index in [2.05, 4.69) is 13.5 Å². The molecule has 0 spiro atoms. The van der Waals surface area contributed by atoms with Gasteiger partial charge in [-0.3, -0.25) is 0 Å². The second-order valence-electron chi connectivity index (χ2n) is 3.72. The van der Waals surface area contributed by atoms with E-state index < -0.39 is 0 Å². The maximum Gasteiger partial charge on any atom is 0.330 e. The summed E-state index contributed by atoms with van der Waals surface area (Å²) >= 11 is 0. The van der Waals surface area contributed by atoms with Gasteiger partial charge in [0.05, 0.1) is 0 Å². The van der Waals surface area contributed by atoms with E-state index in [-0.39, 0.29) is 11.6 Å². The molecule has 0 radical (unpaired) electrons. The van der Waals surface area contributed by atoms with Gasteiger partial charge in [-0.2, -0.15) is 0 Å². The van der Waals surface area contributed by atoms with Gasteiger partial charge in [0, 0.05) is 6.08 Å². The van der Waals surface area contributed by atoms with Gasteiger partial charge in [-0.05, 0) is 32.1 Å². The van der Waals surface area contributed by atoms with E-state index in [9.17, 15) is 4.79 Å². The van der Waals surface area contributed by atoms with Crippen LogP contribution in [0.1, 0.15) is 45.4 Å². The van der Waals surface area contributed by atoms with E-state index in [4.69, 9.17) is 4.74 Å². The van der Waals surface area contributed by atoms with Gasteiger partial charge in [0.15, 0.2) is 0 Å². The maximum atomic E-state index is 11.1. The third-order valence-corrected chi connectivity index (χ3v) is 2.89. The molecule has 0 aromatic rings. The number of carbonyl (C=O) groups excluding carboxylic acids is 1. The van der Waals surface area contributed by atoms with Crippen LogP contribution in [0.3, 0.4) is 0 Å². The number of hydrogen-bond acceptors (Lipinski definition) is 2. The summed E-state index contributed by atoms with van der Waals surface area (Å²) in [5, 5.41) is 0. The van der Waals surface area contributed by atoms with Crippen molar-refractivity contribution in [2.24, 2.45) is 0 Å². The molecule has 0 aromatic heterocycles. The molecule has 0 atom stereocenters. The molecule has 1 rings (SSSR count). The number of carbonyl (C=O) groups is 1. The van der Waals surface area contributed by atoms with Crippen molar-refractivity contribution in [2.75, 3.05) is 0 Å². The van der Waals surface area contributed by atoms with Crippen LogP contribution in [0.4, 0.5) is 0 Å². The minimum Gasteiger partial charge on any atom is -0.456 e. The van der Waals surface area contributed by atoms with Crippen molar-refractivity contribution in [1.29, 1.82) is 0 Å². The van der Waals surface area contributed by atoms with Gasteiger partial charge in [0.25, 0.3) is 0 Å². The van der Waals surface area contributed by atoms with Crippen molar-refractivity contribution >= 4 is 5.97 Å². The van der Waals surface area contributed by atoms with Crippen LogP contribution in [0.25, 0.3) is 0 Å². The predicted octanol–water partition coefficient (Wildman–Crippen LogP) is 2.83. The molecular formula is C11H18O2. The van der Waals surface area contributed by atoms with Crippen LogP contribution in [-0.4, -0.2) is 11.6 Å². The summed E-state index contributed by atoms with van der Waals surface area (Å²) < 4.78 is 5.42. The molecule has 2 nitrogen and oxygen atoms in total. The summed E-state index contributed by atoms with van der Waals surface area (Å²) in [6.45, 7) is 5.50. The first kappa shape index (κ1) is 10.3. The summed E-state index contributed by atoms with van der Waals surface area (Å²) in [5.74, 6) is -0.274. The highest BCUT2D eigenvalue weighted by atomic mass is 16.6. The topological polar surface area (TPSA) is 26.3 Å². The van der Waals surface area contributed by atoms with Crippen LogP contribution in [0.15, 0.2) is 12.7 Å². The Balaban J connectivity index is 2.56. The standard InChI is InChI=1S/C11H18O2/c1-3-10(12)13-11(4-2)8-6-5-7-9-11/h3H,1,4-9H2,2H3. The first-order valence-corrected chi connectivity index (χ1v) is 5.08. The Kier molecular flexibility index (Phi) is 3.52. The second-order valence-corrected chi connectivity index (χ2v) is 3.72. The minimum absolute atomic E-state index is 0.177. The van der Waals surface area contributed by atoms with E-state index in [0.717, 1.165) is 19.3 Å². The number of esters is 1. The molecule has 0 bridgehead atoms. The molecule has 1 aliphatic rings. The van der Waals surface area contributed by atoms with Crippen LogP contribution < -0.4 is 0 Å². The van der Waals surface area contributed by atoms with Crippen LogP contribution in [-0.2, 0) is 9.53 Å². The molecule has 0 aromatic carbocycles. The fourth-order valence-corrected chi connectivity index (χ4v) is 1.98. The average molecular weight is 182 g/mol. The zero-order valence-corrected chi connectivity index (χ0v) is 8.34. The van der Waals surface area contributed by atoms with Gasteiger partial charge in [-0.15, -0.1) is 0 Å². The monoisotopic (exact) mass is 182 g/mol. The largest absolute Gasteiger partial charge is 0.456 e. The summed E-state index contributed by atoms with van der Waals surface area (Å²) in [7, 11) is 0. The molecule has 0 heterocycles. The fourth-order valence-electron chi connectivity index (χ4n) is 1.98. The number of rotatable bonds is 3. The quantitative estimate of drug-likeness (QED) is 0.495. The molecule has 0 amide bonds. The summed E-state index contributed by atoms with van der Waals surface area (Å²) in [4.78, 5) is 11.1. The highest BCUT2D eigenvalue weighted by Gasteiger charge is 2.33. The molecule has 0 saturated heterocycles. The van der Waals surface area contributed by atoms with Crippen LogP contribution in [0, 0.1) is 0 Å². The first-order valence-electron chi connectivity index (χ1n) is 5.08. The van der Waals surface area contributed by atoms with Crippen LogP contribution in [0.5, 0.6) is 0 Å². The number of hydrogen-bond donors (Lipinski definition) is 0. The lowest BCUT2D eigenvalue weighted by Crippen LogP contribution is -2.36. The molecule has 1 fully saturated rings. The molecule has 74 valence electrons. The highest BCUT2D eigenvalue weighted by Crippen LogP contribution is 2.34. The van der Waals surface area contributed by atoms with Gasteiger partial charge in [-0.25, -0.2) is 4.79 Å². The van der Waals surface area contributed by atoms with Gasteiger partial charge in [-0.1, -0.05) is 19.9 Å². The van der Waals surface area contributed by atoms with Crippen molar-refractivity contribution in [3.8, 4) is 0 Å². The van der Waals surface area contributed by atoms with Crippen molar-refractivity contribution in [1.82, 2.24) is 0 Å². The Bertz CT molecular complexity index is 190. The van der Waals surface area contributed by atoms with Crippen molar-refractivity contribution in [3.05, 3.63) is 12.7 Å². The Labute approximate surface area is 80.0 Å². The van der Waals surface area contributed by atoms with E-state index >= 15 is 0 Å². The van der Waals surface area contributed by atoms with E-state index in [0.29, 0.717) is 0 Å². The fraction of sp³-hybridized carbons (Fsp3) is 0.727. The van der Waals surface area contributed by atoms with Gasteiger partial charge in [0.2, 0.25) is 0 Å².